The lowest BCUT2D eigenvalue weighted by Crippen LogP contribution is -2.52. The third-order valence-corrected chi connectivity index (χ3v) is 7.76. The smallest absolute Gasteiger partial charge is 0.242 e. The molecule has 0 radical (unpaired) electrons. The molecule has 1 fully saturated rings. The third-order valence-electron chi connectivity index (χ3n) is 7.24. The van der Waals surface area contributed by atoms with E-state index in [1.807, 2.05) is 20.8 Å². The topological polar surface area (TPSA) is 104 Å². The van der Waals surface area contributed by atoms with Crippen molar-refractivity contribution in [3.05, 3.63) is 99.0 Å². The summed E-state index contributed by atoms with van der Waals surface area (Å²) in [5.41, 5.74) is 6.08. The van der Waals surface area contributed by atoms with Crippen molar-refractivity contribution in [2.24, 2.45) is 11.1 Å². The van der Waals surface area contributed by atoms with Crippen molar-refractivity contribution in [3.8, 4) is 0 Å². The number of anilines is 1. The van der Waals surface area contributed by atoms with E-state index in [2.05, 4.69) is 10.6 Å². The van der Waals surface area contributed by atoms with Crippen LogP contribution in [-0.4, -0.2) is 35.5 Å². The number of aliphatic hydroxyl groups excluding tert-OH is 1. The van der Waals surface area contributed by atoms with Crippen LogP contribution in [0.4, 0.5) is 14.5 Å². The molecule has 4 rings (SSSR count). The van der Waals surface area contributed by atoms with Crippen LogP contribution in [0.3, 0.4) is 0 Å². The summed E-state index contributed by atoms with van der Waals surface area (Å²) in [4.78, 5) is 25.6. The number of carbonyl (C=O) groups excluding carboxylic acids is 2. The summed E-state index contributed by atoms with van der Waals surface area (Å²) in [6.45, 7) is 5.33. The number of aliphatic hydroxyl groups is 1. The van der Waals surface area contributed by atoms with Crippen molar-refractivity contribution in [3.63, 3.8) is 0 Å². The molecule has 1 aliphatic heterocycles. The average molecular weight is 590 g/mol. The number of amides is 1. The largest absolute Gasteiger partial charge is 0.388 e. The summed E-state index contributed by atoms with van der Waals surface area (Å²) in [5, 5.41) is 15.2. The van der Waals surface area contributed by atoms with Crippen LogP contribution in [0.1, 0.15) is 54.6 Å². The number of nitrogens with two attached hydrogens (primary N) is 1. The fourth-order valence-electron chi connectivity index (χ4n) is 5.45. The standard InChI is InChI=1S/C30H31Cl2F2N3O3/c1-29(2,3)14-24-30(35,20-12-9-17(31)13-22(20)33)25(19-5-4-6-21(32)26(19)34)27(37-24)28(40)36-18-10-7-16(8-11-18)23(39)15-38/h4-13,24-25,27,37-38H,14-15,35H2,1-3H3,(H,36,40). The second-order valence-corrected chi connectivity index (χ2v) is 12.1. The zero-order valence-electron chi connectivity index (χ0n) is 22.3. The van der Waals surface area contributed by atoms with Gasteiger partial charge in [0, 0.05) is 33.8 Å². The average Bonchev–Trinajstić information content (AvgIpc) is 3.16. The Morgan fingerprint density at radius 2 is 1.75 bits per heavy atom. The highest BCUT2D eigenvalue weighted by molar-refractivity contribution is 6.31. The van der Waals surface area contributed by atoms with Gasteiger partial charge in [-0.15, -0.1) is 0 Å². The molecule has 10 heteroatoms. The first-order valence-electron chi connectivity index (χ1n) is 12.8. The molecule has 0 bridgehead atoms. The van der Waals surface area contributed by atoms with Crippen LogP contribution in [0, 0.1) is 17.0 Å². The van der Waals surface area contributed by atoms with Crippen molar-refractivity contribution in [1.82, 2.24) is 5.32 Å². The summed E-state index contributed by atoms with van der Waals surface area (Å²) >= 11 is 12.2. The molecule has 3 aromatic carbocycles. The first-order chi connectivity index (χ1) is 18.8. The number of Topliss-reactive ketones (excluding diaryl/α,β-unsaturated/α-hetero) is 1. The lowest BCUT2D eigenvalue weighted by atomic mass is 9.68. The lowest BCUT2D eigenvalue weighted by molar-refractivity contribution is -0.118. The molecular weight excluding hydrogens is 559 g/mol. The fourth-order valence-corrected chi connectivity index (χ4v) is 5.80. The van der Waals surface area contributed by atoms with Gasteiger partial charge in [0.05, 0.1) is 16.6 Å². The van der Waals surface area contributed by atoms with Gasteiger partial charge in [-0.05, 0) is 59.9 Å². The molecule has 1 saturated heterocycles. The number of benzene rings is 3. The Labute approximate surface area is 241 Å². The second kappa shape index (κ2) is 11.5. The SMILES string of the molecule is CC(C)(C)CC1NC(C(=O)Nc2ccc(C(=O)CO)cc2)C(c2cccc(Cl)c2F)C1(N)c1ccc(Cl)cc1F. The third kappa shape index (κ3) is 5.92. The Kier molecular flexibility index (Phi) is 8.68. The Hall–Kier alpha value is -2.88. The van der Waals surface area contributed by atoms with Crippen LogP contribution >= 0.6 is 23.2 Å². The van der Waals surface area contributed by atoms with Crippen LogP contribution < -0.4 is 16.4 Å². The van der Waals surface area contributed by atoms with Gasteiger partial charge in [-0.2, -0.15) is 0 Å². The van der Waals surface area contributed by atoms with Crippen LogP contribution in [0.5, 0.6) is 0 Å². The molecule has 0 spiro atoms. The van der Waals surface area contributed by atoms with Crippen molar-refractivity contribution in [2.45, 2.75) is 50.7 Å². The van der Waals surface area contributed by atoms with Gasteiger partial charge >= 0.3 is 0 Å². The van der Waals surface area contributed by atoms with Gasteiger partial charge < -0.3 is 21.5 Å². The molecule has 6 nitrogen and oxygen atoms in total. The van der Waals surface area contributed by atoms with Crippen LogP contribution in [-0.2, 0) is 10.3 Å². The Bertz CT molecular complexity index is 1430. The summed E-state index contributed by atoms with van der Waals surface area (Å²) < 4.78 is 31.2. The molecule has 40 heavy (non-hydrogen) atoms. The Balaban J connectivity index is 1.85. The van der Waals surface area contributed by atoms with Gasteiger partial charge in [0.2, 0.25) is 5.91 Å². The molecule has 3 aromatic rings. The van der Waals surface area contributed by atoms with Gasteiger partial charge in [0.1, 0.15) is 18.2 Å². The summed E-state index contributed by atoms with van der Waals surface area (Å²) in [5.74, 6) is -3.50. The zero-order chi connectivity index (χ0) is 29.4. The van der Waals surface area contributed by atoms with Gasteiger partial charge in [-0.3, -0.25) is 9.59 Å². The Morgan fingerprint density at radius 1 is 1.07 bits per heavy atom. The molecule has 1 amide bonds. The first kappa shape index (κ1) is 30.1. The lowest BCUT2D eigenvalue weighted by Gasteiger charge is -2.40. The molecule has 4 unspecified atom stereocenters. The maximum atomic E-state index is 15.6. The molecule has 0 aromatic heterocycles. The molecule has 4 atom stereocenters. The highest BCUT2D eigenvalue weighted by atomic mass is 35.5. The zero-order valence-corrected chi connectivity index (χ0v) is 23.8. The molecule has 0 saturated carbocycles. The maximum Gasteiger partial charge on any atom is 0.242 e. The number of hydrogen-bond acceptors (Lipinski definition) is 5. The van der Waals surface area contributed by atoms with E-state index < -0.39 is 53.5 Å². The number of rotatable bonds is 7. The van der Waals surface area contributed by atoms with Crippen molar-refractivity contribution in [1.29, 1.82) is 0 Å². The Morgan fingerprint density at radius 3 is 2.35 bits per heavy atom. The predicted molar refractivity (Wildman–Crippen MR) is 153 cm³/mol. The second-order valence-electron chi connectivity index (χ2n) is 11.3. The number of carbonyl (C=O) groups is 2. The molecular formula is C30H31Cl2F2N3O3. The number of halogens is 4. The highest BCUT2D eigenvalue weighted by Crippen LogP contribution is 2.50. The molecule has 212 valence electrons. The van der Waals surface area contributed by atoms with E-state index in [0.717, 1.165) is 6.07 Å². The minimum Gasteiger partial charge on any atom is -0.388 e. The van der Waals surface area contributed by atoms with Crippen molar-refractivity contribution >= 4 is 40.6 Å². The molecule has 5 N–H and O–H groups in total. The number of hydrogen-bond donors (Lipinski definition) is 4. The van der Waals surface area contributed by atoms with E-state index >= 15 is 8.78 Å². The first-order valence-corrected chi connectivity index (χ1v) is 13.5. The number of nitrogens with one attached hydrogen (secondary N) is 2. The molecule has 1 heterocycles. The minimum absolute atomic E-state index is 0.0669. The van der Waals surface area contributed by atoms with Gasteiger partial charge in [0.15, 0.2) is 5.78 Å². The van der Waals surface area contributed by atoms with Crippen molar-refractivity contribution < 1.29 is 23.5 Å². The maximum absolute atomic E-state index is 15.6. The summed E-state index contributed by atoms with van der Waals surface area (Å²) in [7, 11) is 0. The highest BCUT2D eigenvalue weighted by Gasteiger charge is 2.58. The number of ketones is 1. The predicted octanol–water partition coefficient (Wildman–Crippen LogP) is 5.80. The van der Waals surface area contributed by atoms with Crippen molar-refractivity contribution in [2.75, 3.05) is 11.9 Å². The summed E-state index contributed by atoms with van der Waals surface area (Å²) in [6, 6.07) is 12.8. The fraction of sp³-hybridized carbons (Fsp3) is 0.333. The van der Waals surface area contributed by atoms with E-state index in [-0.39, 0.29) is 32.2 Å². The molecule has 1 aliphatic rings. The van der Waals surface area contributed by atoms with Crippen LogP contribution in [0.15, 0.2) is 60.7 Å². The van der Waals surface area contributed by atoms with Gasteiger partial charge in [0.25, 0.3) is 0 Å². The van der Waals surface area contributed by atoms with E-state index in [9.17, 15) is 9.59 Å². The minimum atomic E-state index is -1.59. The van der Waals surface area contributed by atoms with E-state index in [1.54, 1.807) is 6.07 Å². The normalized spacial score (nSPS) is 22.8. The quantitative estimate of drug-likeness (QED) is 0.261. The van der Waals surface area contributed by atoms with E-state index in [4.69, 9.17) is 34.0 Å². The van der Waals surface area contributed by atoms with Gasteiger partial charge in [-0.1, -0.05) is 62.2 Å². The monoisotopic (exact) mass is 589 g/mol. The van der Waals surface area contributed by atoms with Gasteiger partial charge in [-0.25, -0.2) is 8.78 Å². The van der Waals surface area contributed by atoms with Crippen LogP contribution in [0.25, 0.3) is 0 Å². The van der Waals surface area contributed by atoms with E-state index in [0.29, 0.717) is 12.1 Å². The summed E-state index contributed by atoms with van der Waals surface area (Å²) in [6.07, 6.45) is 0.423. The van der Waals surface area contributed by atoms with Crippen LogP contribution in [0.2, 0.25) is 10.0 Å². The molecule has 0 aliphatic carbocycles. The van der Waals surface area contributed by atoms with E-state index in [1.165, 1.54) is 48.5 Å².